The van der Waals surface area contributed by atoms with Crippen LogP contribution in [0.3, 0.4) is 0 Å². The summed E-state index contributed by atoms with van der Waals surface area (Å²) in [5.41, 5.74) is 7.82. The molecule has 2 atom stereocenters. The summed E-state index contributed by atoms with van der Waals surface area (Å²) >= 11 is 0. The molecular weight excluding hydrogens is 216 g/mol. The normalized spacial score (nSPS) is 27.8. The Morgan fingerprint density at radius 1 is 1.47 bits per heavy atom. The third-order valence-corrected chi connectivity index (χ3v) is 3.58. The van der Waals surface area contributed by atoms with Crippen LogP contribution in [-0.2, 0) is 4.79 Å². The lowest BCUT2D eigenvalue weighted by Crippen LogP contribution is -2.44. The van der Waals surface area contributed by atoms with E-state index in [0.717, 1.165) is 30.6 Å². The number of pyridine rings is 1. The van der Waals surface area contributed by atoms with Crippen LogP contribution in [0, 0.1) is 0 Å². The molecule has 3 N–H and O–H groups in total. The minimum Gasteiger partial charge on any atom is -0.357 e. The van der Waals surface area contributed by atoms with Crippen LogP contribution in [0.2, 0.25) is 0 Å². The molecule has 1 aromatic heterocycles. The Labute approximate surface area is 100 Å². The summed E-state index contributed by atoms with van der Waals surface area (Å²) in [5.74, 6) is 0.0333. The number of carbonyl (C=O) groups is 1. The van der Waals surface area contributed by atoms with Gasteiger partial charge in [0.25, 0.3) is 0 Å². The number of nitrogens with one attached hydrogen (secondary N) is 1. The molecule has 1 amide bonds. The molecule has 0 radical (unpaired) electrons. The van der Waals surface area contributed by atoms with Gasteiger partial charge >= 0.3 is 0 Å². The fourth-order valence-electron chi connectivity index (χ4n) is 2.76. The molecule has 3 rings (SSSR count). The van der Waals surface area contributed by atoms with E-state index < -0.39 is 0 Å². The molecule has 1 aromatic rings. The third kappa shape index (κ3) is 1.86. The Balaban J connectivity index is 1.92. The van der Waals surface area contributed by atoms with Crippen molar-refractivity contribution >= 4 is 17.3 Å². The molecule has 0 aromatic carbocycles. The number of nitrogens with two attached hydrogens (primary N) is 1. The van der Waals surface area contributed by atoms with Gasteiger partial charge in [0.05, 0.1) is 24.1 Å². The second-order valence-electron chi connectivity index (χ2n) is 4.80. The van der Waals surface area contributed by atoms with E-state index in [-0.39, 0.29) is 11.9 Å². The van der Waals surface area contributed by atoms with Crippen molar-refractivity contribution < 1.29 is 4.79 Å². The standard InChI is InChI=1S/C12H16N4O/c13-8-1-2-9(5-8)16-7-12(17)15-10-6-14-4-3-11(10)16/h3-4,6,8-9H,1-2,5,7,13H2,(H,15,17). The first-order chi connectivity index (χ1) is 8.24. The maximum Gasteiger partial charge on any atom is 0.244 e. The van der Waals surface area contributed by atoms with Gasteiger partial charge in [0.1, 0.15) is 0 Å². The summed E-state index contributed by atoms with van der Waals surface area (Å²) in [7, 11) is 0. The number of amides is 1. The van der Waals surface area contributed by atoms with Gasteiger partial charge in [-0.25, -0.2) is 0 Å². The highest BCUT2D eigenvalue weighted by Crippen LogP contribution is 2.34. The van der Waals surface area contributed by atoms with Gasteiger partial charge < -0.3 is 16.0 Å². The van der Waals surface area contributed by atoms with E-state index in [9.17, 15) is 4.79 Å². The lowest BCUT2D eigenvalue weighted by molar-refractivity contribution is -0.115. The van der Waals surface area contributed by atoms with Gasteiger partial charge in [-0.3, -0.25) is 9.78 Å². The molecule has 1 aliphatic heterocycles. The number of rotatable bonds is 1. The zero-order valence-corrected chi connectivity index (χ0v) is 9.60. The van der Waals surface area contributed by atoms with Gasteiger partial charge in [0, 0.05) is 18.3 Å². The zero-order chi connectivity index (χ0) is 11.8. The second-order valence-corrected chi connectivity index (χ2v) is 4.80. The first-order valence-electron chi connectivity index (χ1n) is 6.00. The Bertz CT molecular complexity index is 448. The van der Waals surface area contributed by atoms with Crippen LogP contribution in [-0.4, -0.2) is 29.5 Å². The highest BCUT2D eigenvalue weighted by Gasteiger charge is 2.32. The van der Waals surface area contributed by atoms with Crippen molar-refractivity contribution in [2.75, 3.05) is 16.8 Å². The molecule has 17 heavy (non-hydrogen) atoms. The monoisotopic (exact) mass is 232 g/mol. The molecule has 5 heteroatoms. The van der Waals surface area contributed by atoms with Gasteiger partial charge in [0.15, 0.2) is 0 Å². The van der Waals surface area contributed by atoms with Crippen LogP contribution in [0.1, 0.15) is 19.3 Å². The number of nitrogens with zero attached hydrogens (tertiary/aromatic N) is 2. The summed E-state index contributed by atoms with van der Waals surface area (Å²) < 4.78 is 0. The molecule has 0 bridgehead atoms. The van der Waals surface area contributed by atoms with E-state index in [2.05, 4.69) is 15.2 Å². The first kappa shape index (κ1) is 10.5. The summed E-state index contributed by atoms with van der Waals surface area (Å²) in [5, 5.41) is 2.85. The van der Waals surface area contributed by atoms with E-state index in [4.69, 9.17) is 5.73 Å². The summed E-state index contributed by atoms with van der Waals surface area (Å²) in [6.45, 7) is 0.425. The van der Waals surface area contributed by atoms with Crippen molar-refractivity contribution in [1.82, 2.24) is 4.98 Å². The number of hydrogen-bond donors (Lipinski definition) is 2. The number of aromatic nitrogens is 1. The molecule has 1 fully saturated rings. The van der Waals surface area contributed by atoms with Gasteiger partial charge in [-0.15, -0.1) is 0 Å². The summed E-state index contributed by atoms with van der Waals surface area (Å²) in [4.78, 5) is 17.9. The SMILES string of the molecule is NC1CCC(N2CC(=O)Nc3cnccc32)C1. The van der Waals surface area contributed by atoms with Crippen LogP contribution >= 0.6 is 0 Å². The average Bonchev–Trinajstić information content (AvgIpc) is 2.74. The average molecular weight is 232 g/mol. The maximum atomic E-state index is 11.7. The quantitative estimate of drug-likeness (QED) is 0.748. The number of hydrogen-bond acceptors (Lipinski definition) is 4. The fraction of sp³-hybridized carbons (Fsp3) is 0.500. The van der Waals surface area contributed by atoms with Crippen molar-refractivity contribution in [3.63, 3.8) is 0 Å². The molecule has 0 saturated heterocycles. The Hall–Kier alpha value is -1.62. The van der Waals surface area contributed by atoms with Crippen LogP contribution in [0.25, 0.3) is 0 Å². The van der Waals surface area contributed by atoms with Gasteiger partial charge in [-0.1, -0.05) is 0 Å². The molecule has 5 nitrogen and oxygen atoms in total. The van der Waals surface area contributed by atoms with Gasteiger partial charge in [-0.05, 0) is 25.3 Å². The smallest absolute Gasteiger partial charge is 0.244 e. The highest BCUT2D eigenvalue weighted by atomic mass is 16.2. The predicted molar refractivity (Wildman–Crippen MR) is 65.8 cm³/mol. The van der Waals surface area contributed by atoms with Gasteiger partial charge in [0.2, 0.25) is 5.91 Å². The highest BCUT2D eigenvalue weighted by molar-refractivity contribution is 6.00. The molecule has 0 spiro atoms. The minimum absolute atomic E-state index is 0.0333. The molecule has 2 unspecified atom stereocenters. The lowest BCUT2D eigenvalue weighted by Gasteiger charge is -2.35. The lowest BCUT2D eigenvalue weighted by atomic mass is 10.1. The predicted octanol–water partition coefficient (Wildman–Crippen LogP) is 0.720. The molecule has 90 valence electrons. The largest absolute Gasteiger partial charge is 0.357 e. The van der Waals surface area contributed by atoms with Crippen molar-refractivity contribution in [2.45, 2.75) is 31.3 Å². The molecular formula is C12H16N4O. The zero-order valence-electron chi connectivity index (χ0n) is 9.60. The van der Waals surface area contributed by atoms with E-state index in [1.165, 1.54) is 0 Å². The summed E-state index contributed by atoms with van der Waals surface area (Å²) in [6.07, 6.45) is 6.54. The van der Waals surface area contributed by atoms with E-state index >= 15 is 0 Å². The van der Waals surface area contributed by atoms with E-state index in [1.807, 2.05) is 6.07 Å². The second kappa shape index (κ2) is 4.00. The topological polar surface area (TPSA) is 71.2 Å². The molecule has 2 aliphatic rings. The first-order valence-corrected chi connectivity index (χ1v) is 6.00. The Morgan fingerprint density at radius 2 is 2.35 bits per heavy atom. The molecule has 1 saturated carbocycles. The number of carbonyl (C=O) groups excluding carboxylic acids is 1. The summed E-state index contributed by atoms with van der Waals surface area (Å²) in [6, 6.07) is 2.62. The number of anilines is 2. The fourth-order valence-corrected chi connectivity index (χ4v) is 2.76. The van der Waals surface area contributed by atoms with Crippen LogP contribution in [0.5, 0.6) is 0 Å². The van der Waals surface area contributed by atoms with E-state index in [0.29, 0.717) is 12.6 Å². The van der Waals surface area contributed by atoms with Crippen molar-refractivity contribution in [1.29, 1.82) is 0 Å². The van der Waals surface area contributed by atoms with Crippen LogP contribution in [0.15, 0.2) is 18.5 Å². The van der Waals surface area contributed by atoms with Crippen molar-refractivity contribution in [2.24, 2.45) is 5.73 Å². The van der Waals surface area contributed by atoms with Crippen molar-refractivity contribution in [3.8, 4) is 0 Å². The molecule has 2 heterocycles. The Morgan fingerprint density at radius 3 is 3.12 bits per heavy atom. The third-order valence-electron chi connectivity index (χ3n) is 3.58. The Kier molecular flexibility index (Phi) is 2.48. The van der Waals surface area contributed by atoms with Crippen LogP contribution < -0.4 is 16.0 Å². The van der Waals surface area contributed by atoms with E-state index in [1.54, 1.807) is 12.4 Å². The number of fused-ring (bicyclic) bond motifs is 1. The maximum absolute atomic E-state index is 11.7. The van der Waals surface area contributed by atoms with Crippen molar-refractivity contribution in [3.05, 3.63) is 18.5 Å². The van der Waals surface area contributed by atoms with Gasteiger partial charge in [-0.2, -0.15) is 0 Å². The molecule has 1 aliphatic carbocycles. The van der Waals surface area contributed by atoms with Crippen LogP contribution in [0.4, 0.5) is 11.4 Å². The minimum atomic E-state index is 0.0333.